The maximum atomic E-state index is 4.90. The molecule has 0 unspecified atom stereocenters. The topological polar surface area (TPSA) is 101 Å². The number of nitrogens with zero attached hydrogens (tertiary/aromatic N) is 6. The molecule has 0 spiro atoms. The first-order chi connectivity index (χ1) is 21.8. The first kappa shape index (κ1) is 28.9. The van der Waals surface area contributed by atoms with Crippen LogP contribution in [0.2, 0.25) is 0 Å². The standard InChI is InChI=1S/C36H34N8/c1-7-21-37-29(13-1)27-43-35(31-15-3-9-23-39-31,32-16-4-10-24-40-32)19-20-36(33-17-5-11-25-41-33,34-18-6-12-26-42-34)44-28-30-14-2-8-22-38-30/h1-18,21-26,43-44H,19-20,27-28H2. The van der Waals surface area contributed by atoms with E-state index in [-0.39, 0.29) is 0 Å². The Morgan fingerprint density at radius 2 is 0.659 bits per heavy atom. The van der Waals surface area contributed by atoms with E-state index in [9.17, 15) is 0 Å². The minimum atomic E-state index is -0.762. The van der Waals surface area contributed by atoms with Crippen molar-refractivity contribution >= 4 is 0 Å². The van der Waals surface area contributed by atoms with Gasteiger partial charge < -0.3 is 0 Å². The van der Waals surface area contributed by atoms with Crippen molar-refractivity contribution in [3.05, 3.63) is 181 Å². The van der Waals surface area contributed by atoms with Crippen LogP contribution in [-0.2, 0) is 24.2 Å². The highest BCUT2D eigenvalue weighted by atomic mass is 15.1. The summed E-state index contributed by atoms with van der Waals surface area (Å²) in [6, 6.07) is 36.0. The highest BCUT2D eigenvalue weighted by Crippen LogP contribution is 2.40. The monoisotopic (exact) mass is 578 g/mol. The molecule has 0 bridgehead atoms. The first-order valence-corrected chi connectivity index (χ1v) is 14.7. The highest BCUT2D eigenvalue weighted by molar-refractivity contribution is 5.34. The fourth-order valence-electron chi connectivity index (χ4n) is 5.64. The summed E-state index contributed by atoms with van der Waals surface area (Å²) < 4.78 is 0. The van der Waals surface area contributed by atoms with E-state index in [4.69, 9.17) is 19.9 Å². The lowest BCUT2D eigenvalue weighted by Crippen LogP contribution is -2.50. The van der Waals surface area contributed by atoms with E-state index < -0.39 is 11.1 Å². The average molecular weight is 579 g/mol. The van der Waals surface area contributed by atoms with Crippen molar-refractivity contribution in [3.63, 3.8) is 0 Å². The van der Waals surface area contributed by atoms with Gasteiger partial charge in [0.05, 0.1) is 34.2 Å². The molecular formula is C36H34N8. The Balaban J connectivity index is 1.48. The fourth-order valence-corrected chi connectivity index (χ4v) is 5.64. The van der Waals surface area contributed by atoms with E-state index >= 15 is 0 Å². The lowest BCUT2D eigenvalue weighted by molar-refractivity contribution is 0.268. The molecule has 0 aliphatic rings. The molecule has 6 heterocycles. The van der Waals surface area contributed by atoms with Gasteiger partial charge in [0.25, 0.3) is 0 Å². The lowest BCUT2D eigenvalue weighted by atomic mass is 9.77. The summed E-state index contributed by atoms with van der Waals surface area (Å²) >= 11 is 0. The van der Waals surface area contributed by atoms with Gasteiger partial charge in [-0.25, -0.2) is 0 Å². The molecule has 6 aromatic heterocycles. The minimum absolute atomic E-state index is 0.523. The van der Waals surface area contributed by atoms with E-state index in [0.29, 0.717) is 25.9 Å². The van der Waals surface area contributed by atoms with Gasteiger partial charge >= 0.3 is 0 Å². The first-order valence-electron chi connectivity index (χ1n) is 14.7. The van der Waals surface area contributed by atoms with E-state index in [2.05, 4.69) is 44.9 Å². The molecular weight excluding hydrogens is 544 g/mol. The number of hydrogen-bond donors (Lipinski definition) is 2. The lowest BCUT2D eigenvalue weighted by Gasteiger charge is -2.40. The highest BCUT2D eigenvalue weighted by Gasteiger charge is 2.43. The molecule has 2 N–H and O–H groups in total. The van der Waals surface area contributed by atoms with Gasteiger partial charge in [0.15, 0.2) is 0 Å². The Kier molecular flexibility index (Phi) is 9.11. The van der Waals surface area contributed by atoms with Gasteiger partial charge in [-0.2, -0.15) is 0 Å². The molecule has 218 valence electrons. The molecule has 0 aliphatic carbocycles. The number of hydrogen-bond acceptors (Lipinski definition) is 8. The SMILES string of the molecule is c1ccc(CNC(CCC(NCc2ccccn2)(c2ccccn2)c2ccccn2)(c2ccccn2)c2ccccn2)nc1. The van der Waals surface area contributed by atoms with Gasteiger partial charge in [0, 0.05) is 50.3 Å². The zero-order chi connectivity index (χ0) is 29.9. The van der Waals surface area contributed by atoms with Gasteiger partial charge in [-0.3, -0.25) is 40.5 Å². The second-order valence-electron chi connectivity index (χ2n) is 10.5. The third-order valence-electron chi connectivity index (χ3n) is 7.88. The van der Waals surface area contributed by atoms with Crippen LogP contribution in [0.5, 0.6) is 0 Å². The van der Waals surface area contributed by atoms with Crippen molar-refractivity contribution in [2.75, 3.05) is 0 Å². The summed E-state index contributed by atoms with van der Waals surface area (Å²) in [5.41, 5.74) is 3.81. The third kappa shape index (κ3) is 6.41. The minimum Gasteiger partial charge on any atom is -0.295 e. The Morgan fingerprint density at radius 3 is 0.909 bits per heavy atom. The van der Waals surface area contributed by atoms with Gasteiger partial charge in [0.1, 0.15) is 11.1 Å². The Bertz CT molecular complexity index is 1480. The van der Waals surface area contributed by atoms with Crippen molar-refractivity contribution in [2.45, 2.75) is 37.0 Å². The Morgan fingerprint density at radius 1 is 0.364 bits per heavy atom. The Hall–Kier alpha value is -5.18. The van der Waals surface area contributed by atoms with Crippen molar-refractivity contribution in [1.82, 2.24) is 40.5 Å². The van der Waals surface area contributed by atoms with Crippen molar-refractivity contribution in [1.29, 1.82) is 0 Å². The van der Waals surface area contributed by atoms with Gasteiger partial charge in [-0.05, 0) is 85.6 Å². The van der Waals surface area contributed by atoms with Crippen LogP contribution in [0.25, 0.3) is 0 Å². The van der Waals surface area contributed by atoms with E-state index in [1.807, 2.05) is 122 Å². The third-order valence-corrected chi connectivity index (χ3v) is 7.88. The number of nitrogens with one attached hydrogen (secondary N) is 2. The Labute approximate surface area is 257 Å². The summed E-state index contributed by atoms with van der Waals surface area (Å²) in [4.78, 5) is 28.8. The summed E-state index contributed by atoms with van der Waals surface area (Å²) in [5.74, 6) is 0. The predicted molar refractivity (Wildman–Crippen MR) is 170 cm³/mol. The van der Waals surface area contributed by atoms with Gasteiger partial charge in [-0.15, -0.1) is 0 Å². The number of rotatable bonds is 13. The summed E-state index contributed by atoms with van der Waals surface area (Å²) in [6.45, 7) is 1.05. The van der Waals surface area contributed by atoms with Crippen molar-refractivity contribution < 1.29 is 0 Å². The smallest absolute Gasteiger partial charge is 0.104 e. The molecule has 0 saturated carbocycles. The van der Waals surface area contributed by atoms with Crippen LogP contribution < -0.4 is 10.6 Å². The van der Waals surface area contributed by atoms with Crippen molar-refractivity contribution in [3.8, 4) is 0 Å². The van der Waals surface area contributed by atoms with Gasteiger partial charge in [-0.1, -0.05) is 36.4 Å². The molecule has 0 atom stereocenters. The predicted octanol–water partition coefficient (Wildman–Crippen LogP) is 5.60. The normalized spacial score (nSPS) is 11.7. The molecule has 8 nitrogen and oxygen atoms in total. The average Bonchev–Trinajstić information content (AvgIpc) is 3.12. The molecule has 0 aromatic carbocycles. The molecule has 8 heteroatoms. The largest absolute Gasteiger partial charge is 0.295 e. The number of aromatic nitrogens is 6. The summed E-state index contributed by atoms with van der Waals surface area (Å²) in [7, 11) is 0. The van der Waals surface area contributed by atoms with Crippen LogP contribution in [0.1, 0.15) is 47.0 Å². The summed E-state index contributed by atoms with van der Waals surface area (Å²) in [5, 5.41) is 7.73. The van der Waals surface area contributed by atoms with Crippen molar-refractivity contribution in [2.24, 2.45) is 0 Å². The summed E-state index contributed by atoms with van der Waals surface area (Å²) in [6.07, 6.45) is 12.2. The maximum Gasteiger partial charge on any atom is 0.104 e. The van der Waals surface area contributed by atoms with Crippen LogP contribution in [0, 0.1) is 0 Å². The molecule has 0 amide bonds. The molecule has 44 heavy (non-hydrogen) atoms. The fraction of sp³-hybridized carbons (Fsp3) is 0.167. The van der Waals surface area contributed by atoms with Crippen LogP contribution in [0.15, 0.2) is 146 Å². The second-order valence-corrected chi connectivity index (χ2v) is 10.5. The zero-order valence-electron chi connectivity index (χ0n) is 24.4. The van der Waals surface area contributed by atoms with Crippen LogP contribution in [0.3, 0.4) is 0 Å². The van der Waals surface area contributed by atoms with E-state index in [1.54, 1.807) is 0 Å². The molecule has 6 rings (SSSR count). The molecule has 6 aromatic rings. The van der Waals surface area contributed by atoms with Crippen LogP contribution in [-0.4, -0.2) is 29.9 Å². The second kappa shape index (κ2) is 13.9. The van der Waals surface area contributed by atoms with Gasteiger partial charge in [0.2, 0.25) is 0 Å². The van der Waals surface area contributed by atoms with Crippen LogP contribution in [0.4, 0.5) is 0 Å². The quantitative estimate of drug-likeness (QED) is 0.183. The molecule has 0 radical (unpaired) electrons. The van der Waals surface area contributed by atoms with E-state index in [1.165, 1.54) is 0 Å². The van der Waals surface area contributed by atoms with Crippen LogP contribution >= 0.6 is 0 Å². The molecule has 0 saturated heterocycles. The molecule has 0 aliphatic heterocycles. The number of pyridine rings is 6. The van der Waals surface area contributed by atoms with E-state index in [0.717, 1.165) is 34.2 Å². The zero-order valence-corrected chi connectivity index (χ0v) is 24.4. The maximum absolute atomic E-state index is 4.90. The molecule has 0 fully saturated rings.